The van der Waals surface area contributed by atoms with E-state index in [1.165, 1.54) is 12.1 Å². The van der Waals surface area contributed by atoms with Crippen molar-refractivity contribution in [3.63, 3.8) is 0 Å². The molecule has 9 nitrogen and oxygen atoms in total. The van der Waals surface area contributed by atoms with Crippen molar-refractivity contribution in [2.75, 3.05) is 24.6 Å². The van der Waals surface area contributed by atoms with Gasteiger partial charge in [-0.1, -0.05) is 0 Å². The predicted molar refractivity (Wildman–Crippen MR) is 158 cm³/mol. The third-order valence-electron chi connectivity index (χ3n) is 8.89. The highest BCUT2D eigenvalue weighted by atomic mass is 19.1. The molecule has 0 radical (unpaired) electrons. The zero-order valence-corrected chi connectivity index (χ0v) is 24.5. The number of amides is 1. The molecular weight excluding hydrogens is 549 g/mol. The van der Waals surface area contributed by atoms with E-state index in [0.29, 0.717) is 60.7 Å². The Morgan fingerprint density at radius 1 is 1.21 bits per heavy atom. The summed E-state index contributed by atoms with van der Waals surface area (Å²) in [5.41, 5.74) is 1.93. The number of nitriles is 1. The van der Waals surface area contributed by atoms with Crippen LogP contribution in [-0.2, 0) is 0 Å². The molecule has 2 aromatic heterocycles. The number of benzene rings is 1. The number of aliphatic hydroxyl groups is 1. The van der Waals surface area contributed by atoms with Crippen molar-refractivity contribution >= 4 is 11.6 Å². The summed E-state index contributed by atoms with van der Waals surface area (Å²) in [6.45, 7) is 5.71. The van der Waals surface area contributed by atoms with E-state index in [1.54, 1.807) is 24.4 Å². The van der Waals surface area contributed by atoms with E-state index in [4.69, 9.17) is 14.5 Å². The molecule has 1 aliphatic heterocycles. The number of nitrogens with zero attached hydrogens (tertiary/aromatic N) is 4. The molecule has 2 aliphatic carbocycles. The lowest BCUT2D eigenvalue weighted by molar-refractivity contribution is -0.0344. The quantitative estimate of drug-likeness (QED) is 0.378. The summed E-state index contributed by atoms with van der Waals surface area (Å²) < 4.78 is 25.7. The Bertz CT molecular complexity index is 1550. The number of carbonyl (C=O) groups excluding carboxylic acids is 1. The average Bonchev–Trinajstić information content (AvgIpc) is 2.95. The molecule has 3 fully saturated rings. The predicted octanol–water partition coefficient (Wildman–Crippen LogP) is 5.02. The molecule has 6 rings (SSSR count). The van der Waals surface area contributed by atoms with Gasteiger partial charge in [-0.05, 0) is 94.8 Å². The molecule has 3 aliphatic rings. The van der Waals surface area contributed by atoms with Crippen molar-refractivity contribution in [1.82, 2.24) is 15.3 Å². The van der Waals surface area contributed by atoms with Crippen LogP contribution in [0.15, 0.2) is 48.7 Å². The first-order valence-corrected chi connectivity index (χ1v) is 14.9. The smallest absolute Gasteiger partial charge is 0.273 e. The van der Waals surface area contributed by atoms with Gasteiger partial charge in [0.1, 0.15) is 18.0 Å². The Labute approximate surface area is 250 Å². The first-order valence-electron chi connectivity index (χ1n) is 14.9. The Morgan fingerprint density at radius 3 is 2.70 bits per heavy atom. The molecule has 2 N–H and O–H groups in total. The maximum atomic E-state index is 13.6. The highest BCUT2D eigenvalue weighted by Crippen LogP contribution is 2.51. The van der Waals surface area contributed by atoms with Gasteiger partial charge < -0.3 is 24.8 Å². The molecule has 1 aromatic carbocycles. The number of carbonyl (C=O) groups is 1. The van der Waals surface area contributed by atoms with Crippen LogP contribution in [0.5, 0.6) is 11.6 Å². The summed E-state index contributed by atoms with van der Waals surface area (Å²) in [5.74, 6) is 0.144. The van der Waals surface area contributed by atoms with Crippen molar-refractivity contribution in [1.29, 1.82) is 5.26 Å². The van der Waals surface area contributed by atoms with Gasteiger partial charge in [-0.2, -0.15) is 5.26 Å². The summed E-state index contributed by atoms with van der Waals surface area (Å²) in [7, 11) is 0. The first-order chi connectivity index (χ1) is 20.7. The van der Waals surface area contributed by atoms with Crippen molar-refractivity contribution in [2.45, 2.75) is 70.1 Å². The fourth-order valence-corrected chi connectivity index (χ4v) is 6.56. The molecular formula is C33H36FN5O4. The zero-order chi connectivity index (χ0) is 30.2. The molecule has 0 bridgehead atoms. The molecule has 224 valence electrons. The minimum Gasteiger partial charge on any atom is -0.488 e. The minimum absolute atomic E-state index is 0.0545. The Balaban J connectivity index is 1.18. The lowest BCUT2D eigenvalue weighted by atomic mass is 9.61. The number of hydrogen-bond donors (Lipinski definition) is 2. The lowest BCUT2D eigenvalue weighted by Gasteiger charge is -2.59. The Hall–Kier alpha value is -4.23. The van der Waals surface area contributed by atoms with Crippen LogP contribution in [-0.4, -0.2) is 58.4 Å². The van der Waals surface area contributed by atoms with Gasteiger partial charge >= 0.3 is 0 Å². The second-order valence-electron chi connectivity index (χ2n) is 12.4. The molecule has 3 aromatic rings. The standard InChI is InChI=1S/C33H36FN5O4/c1-3-42-31-25(5-4-14-36-31)26-7-9-28(29(38-26)30(40)37-23-10-12-32(2,41)13-11-23)43-24-16-33(17-24)19-39(20-33)27-8-6-22(34)15-21(27)18-35/h4-9,14-15,23-24,41H,3,10-13,16-17,19-20H2,1-2H3,(H,37,40). The summed E-state index contributed by atoms with van der Waals surface area (Å²) >= 11 is 0. The van der Waals surface area contributed by atoms with Crippen molar-refractivity contribution in [3.8, 4) is 29.0 Å². The van der Waals surface area contributed by atoms with E-state index >= 15 is 0 Å². The van der Waals surface area contributed by atoms with Crippen LogP contribution >= 0.6 is 0 Å². The number of rotatable bonds is 8. The third kappa shape index (κ3) is 6.00. The van der Waals surface area contributed by atoms with Gasteiger partial charge in [-0.25, -0.2) is 14.4 Å². The van der Waals surface area contributed by atoms with Crippen LogP contribution in [0.25, 0.3) is 11.3 Å². The van der Waals surface area contributed by atoms with Gasteiger partial charge in [-0.3, -0.25) is 4.79 Å². The van der Waals surface area contributed by atoms with E-state index in [2.05, 4.69) is 21.3 Å². The number of hydrogen-bond acceptors (Lipinski definition) is 8. The largest absolute Gasteiger partial charge is 0.488 e. The third-order valence-corrected chi connectivity index (χ3v) is 8.89. The maximum Gasteiger partial charge on any atom is 0.273 e. The summed E-state index contributed by atoms with van der Waals surface area (Å²) in [6, 6.07) is 13.6. The van der Waals surface area contributed by atoms with Crippen molar-refractivity contribution < 1.29 is 23.8 Å². The number of anilines is 1. The number of pyridine rings is 2. The fraction of sp³-hybridized carbons (Fsp3) is 0.455. The van der Waals surface area contributed by atoms with Gasteiger partial charge in [0.15, 0.2) is 11.4 Å². The molecule has 3 heterocycles. The van der Waals surface area contributed by atoms with E-state index in [-0.39, 0.29) is 29.2 Å². The average molecular weight is 586 g/mol. The molecule has 10 heteroatoms. The number of aromatic nitrogens is 2. The monoisotopic (exact) mass is 585 g/mol. The molecule has 1 saturated heterocycles. The van der Waals surface area contributed by atoms with Crippen LogP contribution in [0.4, 0.5) is 10.1 Å². The van der Waals surface area contributed by atoms with Crippen molar-refractivity contribution in [2.24, 2.45) is 5.41 Å². The second kappa shape index (κ2) is 11.5. The SMILES string of the molecule is CCOc1ncccc1-c1ccc(OC2CC3(C2)CN(c2ccc(F)cc2C#N)C3)c(C(=O)NC2CCC(C)(O)CC2)n1. The molecule has 1 amide bonds. The molecule has 1 spiro atoms. The number of halogens is 1. The highest BCUT2D eigenvalue weighted by Gasteiger charge is 2.54. The lowest BCUT2D eigenvalue weighted by Crippen LogP contribution is -2.65. The Kier molecular flexibility index (Phi) is 7.69. The van der Waals surface area contributed by atoms with Gasteiger partial charge in [0.2, 0.25) is 5.88 Å². The molecule has 2 saturated carbocycles. The minimum atomic E-state index is -0.701. The molecule has 0 atom stereocenters. The van der Waals surface area contributed by atoms with Gasteiger partial charge in [0.05, 0.1) is 34.7 Å². The topological polar surface area (TPSA) is 121 Å². The van der Waals surface area contributed by atoms with Gasteiger partial charge in [0.25, 0.3) is 5.91 Å². The van der Waals surface area contributed by atoms with Crippen LogP contribution < -0.4 is 19.7 Å². The summed E-state index contributed by atoms with van der Waals surface area (Å²) in [5, 5.41) is 22.9. The number of nitrogens with one attached hydrogen (secondary N) is 1. The normalized spacial score (nSPS) is 22.7. The molecule has 0 unspecified atom stereocenters. The van der Waals surface area contributed by atoms with E-state index in [1.807, 2.05) is 26.0 Å². The van der Waals surface area contributed by atoms with E-state index < -0.39 is 11.4 Å². The van der Waals surface area contributed by atoms with Gasteiger partial charge in [-0.15, -0.1) is 0 Å². The van der Waals surface area contributed by atoms with E-state index in [0.717, 1.165) is 31.6 Å². The van der Waals surface area contributed by atoms with E-state index in [9.17, 15) is 19.6 Å². The van der Waals surface area contributed by atoms with Gasteiger partial charge in [0, 0.05) is 30.7 Å². The van der Waals surface area contributed by atoms with Crippen molar-refractivity contribution in [3.05, 3.63) is 65.7 Å². The van der Waals surface area contributed by atoms with Crippen LogP contribution in [0, 0.1) is 22.6 Å². The maximum absolute atomic E-state index is 13.6. The second-order valence-corrected chi connectivity index (χ2v) is 12.4. The van der Waals surface area contributed by atoms with Crippen LogP contribution in [0.2, 0.25) is 0 Å². The fourth-order valence-electron chi connectivity index (χ4n) is 6.56. The zero-order valence-electron chi connectivity index (χ0n) is 24.5. The summed E-state index contributed by atoms with van der Waals surface area (Å²) in [4.78, 5) is 24.8. The number of ether oxygens (including phenoxy) is 2. The van der Waals surface area contributed by atoms with Crippen LogP contribution in [0.3, 0.4) is 0 Å². The summed E-state index contributed by atoms with van der Waals surface area (Å²) in [6.07, 6.45) is 5.82. The van der Waals surface area contributed by atoms with Crippen LogP contribution in [0.1, 0.15) is 68.4 Å². The Morgan fingerprint density at radius 2 is 1.98 bits per heavy atom. The highest BCUT2D eigenvalue weighted by molar-refractivity contribution is 5.96. The molecule has 43 heavy (non-hydrogen) atoms. The first kappa shape index (κ1) is 28.9.